The zero-order chi connectivity index (χ0) is 15.9. The molecule has 0 aliphatic carbocycles. The smallest absolute Gasteiger partial charge is 0.232 e. The van der Waals surface area contributed by atoms with Gasteiger partial charge < -0.3 is 11.5 Å². The van der Waals surface area contributed by atoms with Gasteiger partial charge in [0, 0.05) is 17.1 Å². The minimum atomic E-state index is -0.0618. The summed E-state index contributed by atoms with van der Waals surface area (Å²) in [6.07, 6.45) is 3.67. The first-order chi connectivity index (χ1) is 10.6. The number of nitrogens with one attached hydrogen (secondary N) is 1. The molecule has 0 spiro atoms. The lowest BCUT2D eigenvalue weighted by Crippen LogP contribution is -2.21. The minimum absolute atomic E-state index is 0.0618. The number of nitrogens with two attached hydrogens (primary N) is 2. The maximum absolute atomic E-state index is 8.65. The molecule has 1 aromatic heterocycles. The lowest BCUT2D eigenvalue weighted by Gasteiger charge is -2.01. The van der Waals surface area contributed by atoms with Crippen LogP contribution in [-0.2, 0) is 0 Å². The molecule has 2 aromatic rings. The highest BCUT2D eigenvalue weighted by Gasteiger charge is 2.07. The van der Waals surface area contributed by atoms with E-state index in [-0.39, 0.29) is 5.96 Å². The van der Waals surface area contributed by atoms with Crippen LogP contribution in [0.2, 0.25) is 0 Å². The molecule has 0 unspecified atom stereocenters. The summed E-state index contributed by atoms with van der Waals surface area (Å²) in [5.41, 5.74) is 12.1. The predicted molar refractivity (Wildman–Crippen MR) is 90.2 cm³/mol. The minimum Gasteiger partial charge on any atom is -0.370 e. The Labute approximate surface area is 135 Å². The molecular formula is C12H12N8S2. The number of hydrogen-bond donors (Lipinski definition) is 3. The summed E-state index contributed by atoms with van der Waals surface area (Å²) in [6, 6.07) is 7.33. The van der Waals surface area contributed by atoms with E-state index < -0.39 is 0 Å². The SMILES string of the molecule is CSC(=Nc1cccc(-c2nsc(N=C(N)N)n2)c1)NC#N. The third kappa shape index (κ3) is 4.18. The first kappa shape index (κ1) is 15.7. The van der Waals surface area contributed by atoms with Crippen molar-refractivity contribution in [2.75, 3.05) is 6.26 Å². The van der Waals surface area contributed by atoms with Crippen molar-refractivity contribution in [2.45, 2.75) is 0 Å². The summed E-state index contributed by atoms with van der Waals surface area (Å²) >= 11 is 2.44. The van der Waals surface area contributed by atoms with Gasteiger partial charge in [-0.15, -0.1) is 0 Å². The molecule has 0 aliphatic heterocycles. The topological polar surface area (TPSA) is 138 Å². The molecule has 8 nitrogen and oxygen atoms in total. The zero-order valence-corrected chi connectivity index (χ0v) is 13.1. The number of aliphatic imine (C=N–C) groups is 2. The van der Waals surface area contributed by atoms with E-state index in [4.69, 9.17) is 16.7 Å². The van der Waals surface area contributed by atoms with E-state index in [0.29, 0.717) is 21.8 Å². The largest absolute Gasteiger partial charge is 0.370 e. The van der Waals surface area contributed by atoms with Crippen LogP contribution in [0.4, 0.5) is 10.8 Å². The van der Waals surface area contributed by atoms with Crippen LogP contribution < -0.4 is 16.8 Å². The molecule has 5 N–H and O–H groups in total. The Kier molecular flexibility index (Phi) is 5.29. The first-order valence-electron chi connectivity index (χ1n) is 5.94. The van der Waals surface area contributed by atoms with Gasteiger partial charge in [-0.2, -0.15) is 19.6 Å². The van der Waals surface area contributed by atoms with Gasteiger partial charge in [0.25, 0.3) is 0 Å². The van der Waals surface area contributed by atoms with Crippen molar-refractivity contribution in [3.05, 3.63) is 24.3 Å². The van der Waals surface area contributed by atoms with Gasteiger partial charge in [-0.25, -0.2) is 4.99 Å². The molecular weight excluding hydrogens is 320 g/mol. The van der Waals surface area contributed by atoms with Gasteiger partial charge in [-0.05, 0) is 18.4 Å². The highest BCUT2D eigenvalue weighted by atomic mass is 32.2. The van der Waals surface area contributed by atoms with Crippen molar-refractivity contribution in [2.24, 2.45) is 21.5 Å². The monoisotopic (exact) mass is 332 g/mol. The van der Waals surface area contributed by atoms with Crippen molar-refractivity contribution < 1.29 is 0 Å². The molecule has 2 rings (SSSR count). The number of thioether (sulfide) groups is 1. The van der Waals surface area contributed by atoms with Gasteiger partial charge in [-0.1, -0.05) is 23.9 Å². The van der Waals surface area contributed by atoms with E-state index >= 15 is 0 Å². The molecule has 0 aliphatic rings. The van der Waals surface area contributed by atoms with Crippen LogP contribution in [0.1, 0.15) is 0 Å². The van der Waals surface area contributed by atoms with Crippen LogP contribution in [0.5, 0.6) is 0 Å². The molecule has 0 fully saturated rings. The normalized spacial score (nSPS) is 10.8. The van der Waals surface area contributed by atoms with Crippen LogP contribution in [0.25, 0.3) is 11.4 Å². The second-order valence-corrected chi connectivity index (χ2v) is 5.37. The fourth-order valence-electron chi connectivity index (χ4n) is 1.49. The van der Waals surface area contributed by atoms with E-state index in [9.17, 15) is 0 Å². The molecule has 0 amide bonds. The molecule has 0 saturated heterocycles. The number of amidine groups is 1. The number of hydrogen-bond acceptors (Lipinski definition) is 7. The first-order valence-corrected chi connectivity index (χ1v) is 7.93. The molecule has 22 heavy (non-hydrogen) atoms. The fraction of sp³-hybridized carbons (Fsp3) is 0.0833. The number of nitriles is 1. The summed E-state index contributed by atoms with van der Waals surface area (Å²) in [5, 5.41) is 12.1. The van der Waals surface area contributed by atoms with Gasteiger partial charge in [0.2, 0.25) is 5.13 Å². The van der Waals surface area contributed by atoms with Crippen molar-refractivity contribution in [1.82, 2.24) is 14.7 Å². The van der Waals surface area contributed by atoms with E-state index in [1.54, 1.807) is 0 Å². The Morgan fingerprint density at radius 3 is 2.91 bits per heavy atom. The lowest BCUT2D eigenvalue weighted by molar-refractivity contribution is 1.27. The van der Waals surface area contributed by atoms with Crippen molar-refractivity contribution in [3.63, 3.8) is 0 Å². The summed E-state index contributed by atoms with van der Waals surface area (Å²) in [5.74, 6) is 0.453. The average Bonchev–Trinajstić information content (AvgIpc) is 2.95. The van der Waals surface area contributed by atoms with E-state index in [2.05, 4.69) is 24.7 Å². The Balaban J connectivity index is 2.30. The second-order valence-electron chi connectivity index (χ2n) is 3.85. The number of guanidine groups is 1. The summed E-state index contributed by atoms with van der Waals surface area (Å²) in [6.45, 7) is 0. The Morgan fingerprint density at radius 2 is 2.23 bits per heavy atom. The van der Waals surface area contributed by atoms with Gasteiger partial charge in [0.1, 0.15) is 0 Å². The molecule has 10 heteroatoms. The van der Waals surface area contributed by atoms with Gasteiger partial charge in [-0.3, -0.25) is 5.32 Å². The molecule has 0 atom stereocenters. The Morgan fingerprint density at radius 1 is 1.41 bits per heavy atom. The zero-order valence-electron chi connectivity index (χ0n) is 11.5. The van der Waals surface area contributed by atoms with E-state index in [1.807, 2.05) is 36.7 Å². The predicted octanol–water partition coefficient (Wildman–Crippen LogP) is 1.53. The number of rotatable bonds is 3. The Bertz CT molecular complexity index is 754. The lowest BCUT2D eigenvalue weighted by atomic mass is 10.2. The number of benzene rings is 1. The fourth-order valence-corrected chi connectivity index (χ4v) is 2.43. The third-order valence-corrected chi connectivity index (χ3v) is 3.52. The highest BCUT2D eigenvalue weighted by Crippen LogP contribution is 2.26. The van der Waals surface area contributed by atoms with Crippen LogP contribution in [-0.4, -0.2) is 26.7 Å². The number of nitrogens with zero attached hydrogens (tertiary/aromatic N) is 5. The van der Waals surface area contributed by atoms with Crippen LogP contribution in [0, 0.1) is 11.5 Å². The van der Waals surface area contributed by atoms with Crippen molar-refractivity contribution in [1.29, 1.82) is 5.26 Å². The molecule has 112 valence electrons. The van der Waals surface area contributed by atoms with Crippen LogP contribution >= 0.6 is 23.3 Å². The van der Waals surface area contributed by atoms with Gasteiger partial charge in [0.15, 0.2) is 23.1 Å². The average molecular weight is 332 g/mol. The molecule has 0 bridgehead atoms. The number of aromatic nitrogens is 2. The van der Waals surface area contributed by atoms with Crippen molar-refractivity contribution >= 4 is 45.2 Å². The third-order valence-electron chi connectivity index (χ3n) is 2.33. The quantitative estimate of drug-likeness (QED) is 0.335. The van der Waals surface area contributed by atoms with Gasteiger partial charge in [0.05, 0.1) is 5.69 Å². The molecule has 0 saturated carbocycles. The van der Waals surface area contributed by atoms with E-state index in [1.165, 1.54) is 11.8 Å². The van der Waals surface area contributed by atoms with E-state index in [0.717, 1.165) is 17.1 Å². The summed E-state index contributed by atoms with van der Waals surface area (Å²) < 4.78 is 4.21. The summed E-state index contributed by atoms with van der Waals surface area (Å²) in [4.78, 5) is 12.4. The molecule has 1 heterocycles. The van der Waals surface area contributed by atoms with Crippen molar-refractivity contribution in [3.8, 4) is 17.6 Å². The molecule has 1 aromatic carbocycles. The highest BCUT2D eigenvalue weighted by molar-refractivity contribution is 8.13. The molecule has 0 radical (unpaired) electrons. The standard InChI is InChI=1S/C12H12N8S2/c1-21-11(16-6-13)17-8-4-2-3-7(5-8)9-18-12(22-20-9)19-10(14)15/h2-5H,1H3,(H,16,17)(H4,14,15,18,19,20). The maximum Gasteiger partial charge on any atom is 0.232 e. The second kappa shape index (κ2) is 7.39. The Hall–Kier alpha value is -2.64. The maximum atomic E-state index is 8.65. The van der Waals surface area contributed by atoms with Crippen LogP contribution in [0.15, 0.2) is 34.3 Å². The summed E-state index contributed by atoms with van der Waals surface area (Å²) in [7, 11) is 0. The van der Waals surface area contributed by atoms with Gasteiger partial charge >= 0.3 is 0 Å². The van der Waals surface area contributed by atoms with Crippen LogP contribution in [0.3, 0.4) is 0 Å².